The van der Waals surface area contributed by atoms with E-state index >= 15 is 0 Å². The number of aromatic amines is 1. The van der Waals surface area contributed by atoms with Gasteiger partial charge in [0, 0.05) is 6.04 Å². The Kier molecular flexibility index (Phi) is 4.36. The molecule has 0 bridgehead atoms. The van der Waals surface area contributed by atoms with Crippen molar-refractivity contribution in [3.8, 4) is 0 Å². The second-order valence-electron chi connectivity index (χ2n) is 4.66. The number of rotatable bonds is 5. The minimum atomic E-state index is -3.43. The zero-order valence-corrected chi connectivity index (χ0v) is 11.4. The molecule has 1 saturated heterocycles. The summed E-state index contributed by atoms with van der Waals surface area (Å²) in [6.07, 6.45) is 4.32. The van der Waals surface area contributed by atoms with E-state index in [9.17, 15) is 8.42 Å². The molecule has 0 spiro atoms. The molecule has 6 nitrogen and oxygen atoms in total. The molecule has 1 fully saturated rings. The number of hydrogen-bond donors (Lipinski definition) is 2. The third kappa shape index (κ3) is 3.30. The summed E-state index contributed by atoms with van der Waals surface area (Å²) in [6, 6.07) is 1.50. The van der Waals surface area contributed by atoms with Crippen molar-refractivity contribution in [1.29, 1.82) is 0 Å². The standard InChI is InChI=1S/C11H20N4O2S/c1-2-7-15-8-4-10(5-9-15)14-18(16,17)11-3-6-12-13-11/h3,6,10,14H,2,4-5,7-9H2,1H3,(H,12,13). The first-order chi connectivity index (χ1) is 8.62. The predicted octanol–water partition coefficient (Wildman–Crippen LogP) is 0.562. The Morgan fingerprint density at radius 3 is 2.78 bits per heavy atom. The largest absolute Gasteiger partial charge is 0.303 e. The smallest absolute Gasteiger partial charge is 0.257 e. The summed E-state index contributed by atoms with van der Waals surface area (Å²) in [4.78, 5) is 2.38. The predicted molar refractivity (Wildman–Crippen MR) is 68.7 cm³/mol. The molecule has 2 N–H and O–H groups in total. The van der Waals surface area contributed by atoms with E-state index in [-0.39, 0.29) is 11.1 Å². The molecule has 0 atom stereocenters. The number of nitrogens with zero attached hydrogens (tertiary/aromatic N) is 2. The number of hydrogen-bond acceptors (Lipinski definition) is 4. The van der Waals surface area contributed by atoms with E-state index in [1.165, 1.54) is 12.3 Å². The fraction of sp³-hybridized carbons (Fsp3) is 0.727. The van der Waals surface area contributed by atoms with Crippen LogP contribution in [0, 0.1) is 0 Å². The van der Waals surface area contributed by atoms with E-state index in [1.807, 2.05) is 0 Å². The normalized spacial score (nSPS) is 19.2. The van der Waals surface area contributed by atoms with Crippen molar-refractivity contribution in [1.82, 2.24) is 19.8 Å². The zero-order valence-electron chi connectivity index (χ0n) is 10.6. The molecule has 7 heteroatoms. The summed E-state index contributed by atoms with van der Waals surface area (Å²) in [5.74, 6) is 0. The molecule has 0 saturated carbocycles. The fourth-order valence-electron chi connectivity index (χ4n) is 2.27. The highest BCUT2D eigenvalue weighted by atomic mass is 32.2. The molecule has 1 aromatic rings. The summed E-state index contributed by atoms with van der Waals surface area (Å²) >= 11 is 0. The maximum absolute atomic E-state index is 12.0. The maximum Gasteiger partial charge on any atom is 0.257 e. The summed E-state index contributed by atoms with van der Waals surface area (Å²) in [5, 5.41) is 6.29. The van der Waals surface area contributed by atoms with Crippen molar-refractivity contribution in [2.45, 2.75) is 37.3 Å². The van der Waals surface area contributed by atoms with Crippen LogP contribution in [0.15, 0.2) is 17.3 Å². The Labute approximate surface area is 108 Å². The Bertz CT molecular complexity index is 449. The van der Waals surface area contributed by atoms with Crippen molar-refractivity contribution in [2.24, 2.45) is 0 Å². The zero-order chi connectivity index (χ0) is 13.0. The monoisotopic (exact) mass is 272 g/mol. The average molecular weight is 272 g/mol. The van der Waals surface area contributed by atoms with Crippen LogP contribution in [-0.4, -0.2) is 49.2 Å². The molecule has 0 radical (unpaired) electrons. The van der Waals surface area contributed by atoms with E-state index in [2.05, 4.69) is 26.7 Å². The van der Waals surface area contributed by atoms with Gasteiger partial charge in [-0.3, -0.25) is 5.10 Å². The highest BCUT2D eigenvalue weighted by Crippen LogP contribution is 2.13. The Balaban J connectivity index is 1.88. The lowest BCUT2D eigenvalue weighted by Crippen LogP contribution is -2.44. The highest BCUT2D eigenvalue weighted by Gasteiger charge is 2.24. The number of aromatic nitrogens is 2. The van der Waals surface area contributed by atoms with Gasteiger partial charge in [0.1, 0.15) is 0 Å². The van der Waals surface area contributed by atoms with Crippen LogP contribution in [0.1, 0.15) is 26.2 Å². The maximum atomic E-state index is 12.0. The Morgan fingerprint density at radius 2 is 2.22 bits per heavy atom. The van der Waals surface area contributed by atoms with E-state index < -0.39 is 10.0 Å². The van der Waals surface area contributed by atoms with Crippen LogP contribution in [0.3, 0.4) is 0 Å². The van der Waals surface area contributed by atoms with Gasteiger partial charge < -0.3 is 4.90 Å². The minimum Gasteiger partial charge on any atom is -0.303 e. The van der Waals surface area contributed by atoms with Crippen molar-refractivity contribution in [3.63, 3.8) is 0 Å². The third-order valence-corrected chi connectivity index (χ3v) is 4.66. The molecule has 2 heterocycles. The van der Waals surface area contributed by atoms with Crippen LogP contribution in [0.25, 0.3) is 0 Å². The number of H-pyrrole nitrogens is 1. The summed E-state index contributed by atoms with van der Waals surface area (Å²) in [5.41, 5.74) is 0. The molecular formula is C11H20N4O2S. The Morgan fingerprint density at radius 1 is 1.50 bits per heavy atom. The highest BCUT2D eigenvalue weighted by molar-refractivity contribution is 7.89. The summed E-state index contributed by atoms with van der Waals surface area (Å²) < 4.78 is 26.7. The molecule has 2 rings (SSSR count). The lowest BCUT2D eigenvalue weighted by atomic mass is 10.1. The van der Waals surface area contributed by atoms with Gasteiger partial charge in [-0.05, 0) is 45.0 Å². The molecular weight excluding hydrogens is 252 g/mol. The second kappa shape index (κ2) is 5.81. The van der Waals surface area contributed by atoms with Gasteiger partial charge in [0.2, 0.25) is 0 Å². The summed E-state index contributed by atoms with van der Waals surface area (Å²) in [7, 11) is -3.43. The van der Waals surface area contributed by atoms with Gasteiger partial charge in [-0.2, -0.15) is 5.10 Å². The molecule has 0 aliphatic carbocycles. The average Bonchev–Trinajstić information content (AvgIpc) is 2.86. The van der Waals surface area contributed by atoms with Crippen LogP contribution >= 0.6 is 0 Å². The van der Waals surface area contributed by atoms with E-state index in [4.69, 9.17) is 0 Å². The topological polar surface area (TPSA) is 78.1 Å². The van der Waals surface area contributed by atoms with E-state index in [1.54, 1.807) is 0 Å². The quantitative estimate of drug-likeness (QED) is 0.821. The number of sulfonamides is 1. The minimum absolute atomic E-state index is 0.0337. The number of nitrogens with one attached hydrogen (secondary N) is 2. The molecule has 1 aliphatic rings. The van der Waals surface area contributed by atoms with E-state index in [0.29, 0.717) is 0 Å². The molecule has 0 amide bonds. The first kappa shape index (κ1) is 13.5. The number of piperidine rings is 1. The van der Waals surface area contributed by atoms with Crippen LogP contribution in [0.2, 0.25) is 0 Å². The number of likely N-dealkylation sites (tertiary alicyclic amines) is 1. The molecule has 102 valence electrons. The van der Waals surface area contributed by atoms with Gasteiger partial charge in [-0.1, -0.05) is 6.92 Å². The molecule has 0 unspecified atom stereocenters. The molecule has 1 aromatic heterocycles. The van der Waals surface area contributed by atoms with Crippen molar-refractivity contribution in [3.05, 3.63) is 12.3 Å². The molecule has 0 aromatic carbocycles. The SMILES string of the molecule is CCCN1CCC(NS(=O)(=O)c2ccn[nH]2)CC1. The lowest BCUT2D eigenvalue weighted by Gasteiger charge is -2.31. The van der Waals surface area contributed by atoms with Gasteiger partial charge in [0.15, 0.2) is 5.03 Å². The van der Waals surface area contributed by atoms with Gasteiger partial charge in [0.05, 0.1) is 6.20 Å². The van der Waals surface area contributed by atoms with Crippen molar-refractivity contribution in [2.75, 3.05) is 19.6 Å². The van der Waals surface area contributed by atoms with Gasteiger partial charge in [-0.15, -0.1) is 0 Å². The van der Waals surface area contributed by atoms with Crippen LogP contribution < -0.4 is 4.72 Å². The van der Waals surface area contributed by atoms with Crippen molar-refractivity contribution < 1.29 is 8.42 Å². The third-order valence-electron chi connectivity index (χ3n) is 3.21. The fourth-order valence-corrected chi connectivity index (χ4v) is 3.48. The lowest BCUT2D eigenvalue weighted by molar-refractivity contribution is 0.208. The van der Waals surface area contributed by atoms with Gasteiger partial charge in [-0.25, -0.2) is 13.1 Å². The first-order valence-corrected chi connectivity index (χ1v) is 7.84. The molecule has 18 heavy (non-hydrogen) atoms. The van der Waals surface area contributed by atoms with Crippen LogP contribution in [0.4, 0.5) is 0 Å². The summed E-state index contributed by atoms with van der Waals surface area (Å²) in [6.45, 7) is 5.18. The van der Waals surface area contributed by atoms with Crippen LogP contribution in [-0.2, 0) is 10.0 Å². The van der Waals surface area contributed by atoms with Gasteiger partial charge in [0.25, 0.3) is 10.0 Å². The van der Waals surface area contributed by atoms with Crippen molar-refractivity contribution >= 4 is 10.0 Å². The Hall–Kier alpha value is -0.920. The van der Waals surface area contributed by atoms with Crippen LogP contribution in [0.5, 0.6) is 0 Å². The van der Waals surface area contributed by atoms with Gasteiger partial charge >= 0.3 is 0 Å². The van der Waals surface area contributed by atoms with E-state index in [0.717, 1.165) is 38.9 Å². The first-order valence-electron chi connectivity index (χ1n) is 6.36. The molecule has 1 aliphatic heterocycles. The second-order valence-corrected chi connectivity index (χ2v) is 6.34.